The van der Waals surface area contributed by atoms with Gasteiger partial charge in [0.2, 0.25) is 6.29 Å². The largest absolute Gasteiger partial charge is 0.469 e. The summed E-state index contributed by atoms with van der Waals surface area (Å²) in [6.45, 7) is -12.3. The monoisotopic (exact) mass is 2190 g/mol. The van der Waals surface area contributed by atoms with Crippen LogP contribution in [0.4, 0.5) is 0 Å². The number of hydrogen-bond acceptors (Lipinski definition) is 59. The zero-order valence-electron chi connectivity index (χ0n) is 57.1. The molecule has 77 nitrogen and oxygen atoms in total. The molecule has 736 valence electrons. The molecule has 5 aliphatic heterocycles. The molecule has 5 aliphatic rings. The Bertz CT molecular complexity index is 5780. The lowest BCUT2D eigenvalue weighted by molar-refractivity contribution is -0.386. The summed E-state index contributed by atoms with van der Waals surface area (Å²) >= 11 is 0. The van der Waals surface area contributed by atoms with Crippen molar-refractivity contribution in [2.24, 2.45) is 0 Å². The predicted molar refractivity (Wildman–Crippen MR) is 344 cm³/mol. The normalized spacial score (nSPS) is 32.8. The quantitative estimate of drug-likeness (QED) is 0.0199. The van der Waals surface area contributed by atoms with E-state index in [2.05, 4.69) is 71.5 Å². The molecule has 0 bridgehead atoms. The Kier molecular flexibility index (Phi) is 37.0. The minimum absolute atomic E-state index is 2.25. The molecule has 0 spiro atoms. The van der Waals surface area contributed by atoms with E-state index >= 15 is 0 Å². The Morgan fingerprint density at radius 2 is 0.339 bits per heavy atom. The predicted octanol–water partition coefficient (Wildman–Crippen LogP) is -14.6. The van der Waals surface area contributed by atoms with Crippen LogP contribution in [0.5, 0.6) is 0 Å². The van der Waals surface area contributed by atoms with E-state index in [9.17, 15) is 222 Å². The molecule has 0 aromatic rings. The highest BCUT2D eigenvalue weighted by Gasteiger charge is 2.65. The van der Waals surface area contributed by atoms with E-state index in [4.69, 9.17) is 42.6 Å². The Morgan fingerprint density at radius 3 is 0.532 bits per heavy atom. The van der Waals surface area contributed by atoms with Crippen molar-refractivity contribution in [1.82, 2.24) is 0 Å². The average Bonchev–Trinajstić information content (AvgIpc) is 0.730. The Morgan fingerprint density at radius 1 is 0.185 bits per heavy atom. The van der Waals surface area contributed by atoms with Crippen LogP contribution in [0.25, 0.3) is 0 Å². The van der Waals surface area contributed by atoms with Crippen LogP contribution >= 0.6 is 7.82 Å². The highest BCUT2D eigenvalue weighted by molar-refractivity contribution is 7.84. The molecule has 3 unspecified atom stereocenters. The molecule has 25 atom stereocenters. The Balaban J connectivity index is 2.06. The number of hydrogen-bond donors (Lipinski definition) is 18. The first-order valence-electron chi connectivity index (χ1n) is 28.9. The van der Waals surface area contributed by atoms with E-state index in [1.165, 1.54) is 0 Å². The van der Waals surface area contributed by atoms with Crippen molar-refractivity contribution >= 4 is 174 Å². The second-order valence-electron chi connectivity index (χ2n) is 22.7. The van der Waals surface area contributed by atoms with Gasteiger partial charge in [0.25, 0.3) is 0 Å². The Hall–Kier alpha value is -2.33. The van der Waals surface area contributed by atoms with Gasteiger partial charge in [0, 0.05) is 0 Å². The van der Waals surface area contributed by atoms with Crippen molar-refractivity contribution in [3.8, 4) is 0 Å². The lowest BCUT2D eigenvalue weighted by atomic mass is 9.95. The number of phosphoric acid groups is 1. The minimum atomic E-state index is -7.17. The van der Waals surface area contributed by atoms with Crippen molar-refractivity contribution in [2.45, 2.75) is 154 Å². The van der Waals surface area contributed by atoms with Crippen molar-refractivity contribution in [2.75, 3.05) is 33.0 Å². The van der Waals surface area contributed by atoms with Crippen molar-refractivity contribution in [3.05, 3.63) is 0 Å². The fourth-order valence-electron chi connectivity index (χ4n) is 10.5. The van der Waals surface area contributed by atoms with Crippen LogP contribution in [0.3, 0.4) is 0 Å². The molecule has 0 aromatic carbocycles. The van der Waals surface area contributed by atoms with E-state index in [-0.39, 0.29) is 0 Å². The molecule has 5 saturated heterocycles. The van der Waals surface area contributed by atoms with Crippen molar-refractivity contribution in [3.63, 3.8) is 0 Å². The summed E-state index contributed by atoms with van der Waals surface area (Å²) in [4.78, 5) is 19.1. The van der Waals surface area contributed by atoms with Crippen molar-refractivity contribution in [1.29, 1.82) is 0 Å². The van der Waals surface area contributed by atoms with Crippen LogP contribution in [-0.2, 0) is 285 Å². The number of phosphoric ester groups is 1. The molecule has 5 fully saturated rings. The first-order chi connectivity index (χ1) is 55.0. The van der Waals surface area contributed by atoms with Crippen molar-refractivity contribution < 1.29 is 336 Å². The summed E-state index contributed by atoms with van der Waals surface area (Å²) in [5, 5.41) is 0. The molecular weight excluding hydrogens is 2140 g/mol. The van der Waals surface area contributed by atoms with E-state index in [0.717, 1.165) is 0 Å². The van der Waals surface area contributed by atoms with E-state index < -0.39 is 361 Å². The first kappa shape index (κ1) is 112. The van der Waals surface area contributed by atoms with Gasteiger partial charge in [-0.3, -0.25) is 77.4 Å². The van der Waals surface area contributed by atoms with Gasteiger partial charge >= 0.3 is 174 Å². The Labute approximate surface area is 692 Å². The molecule has 0 amide bonds. The highest BCUT2D eigenvalue weighted by Crippen LogP contribution is 2.45. The second kappa shape index (κ2) is 40.9. The topological polar surface area (TPSA) is 1170 Å². The lowest BCUT2D eigenvalue weighted by Gasteiger charge is -2.51. The van der Waals surface area contributed by atoms with Crippen LogP contribution < -0.4 is 0 Å². The van der Waals surface area contributed by atoms with Gasteiger partial charge in [-0.15, -0.1) is 0 Å². The fraction of sp³-hybridized carbons (Fsp3) is 1.00. The molecular formula is C30H53O77PS16. The molecule has 18 N–H and O–H groups in total. The number of rotatable bonds is 47. The van der Waals surface area contributed by atoms with Gasteiger partial charge in [0.15, 0.2) is 49.6 Å². The summed E-state index contributed by atoms with van der Waals surface area (Å²) in [7, 11) is -114. The summed E-state index contributed by atoms with van der Waals surface area (Å²) < 4.78 is 692. The van der Waals surface area contributed by atoms with Gasteiger partial charge in [-0.05, 0) is 0 Å². The maximum Gasteiger partial charge on any atom is 0.469 e. The van der Waals surface area contributed by atoms with Gasteiger partial charge in [0.1, 0.15) is 97.7 Å². The molecule has 5 heterocycles. The SMILES string of the molecule is O=P(O)(O)OC[C@H]1O[C@H](O[C@@H]2[C@H](OS(=O)(=O)O)[C@@H](O[C@H]3C(OS(=O)(=O)O)[C@@H](COS(=O)(=O)O)O[C@H](O[C@H]4[C@H](OS(=O)(=O)O)[C@@H](COS(=O)(=O)O)OC(O[C@@H]5[C@@H](OS(=O)(=O)O)O[C@H](COS(=O)(=O)O)[C@H](OS(=O)(=O)O)[C@H]5OS(=O)(=O)O)[C@H]4OS(=O)(=O)O)[C@H]3OS(=O)(=O)O)O[C@H](COS(=O)(=O)O)[C@H]2OS(=O)(=O)O)[C@@H](OS(=O)(=O)O)[C@@H](OS(=O)(=O)O)C1OS(=O)(=O)O. The first-order valence-corrected chi connectivity index (χ1v) is 52.3. The lowest BCUT2D eigenvalue weighted by Crippen LogP contribution is -2.70. The minimum Gasteiger partial charge on any atom is -0.341 e. The molecule has 94 heteroatoms. The van der Waals surface area contributed by atoms with Crippen LogP contribution in [-0.4, -0.2) is 404 Å². The maximum absolute atomic E-state index is 13.3. The van der Waals surface area contributed by atoms with Crippen LogP contribution in [0.15, 0.2) is 0 Å². The average molecular weight is 2190 g/mol. The third-order valence-corrected chi connectivity index (χ3v) is 21.6. The third kappa shape index (κ3) is 40.6. The molecule has 124 heavy (non-hydrogen) atoms. The van der Waals surface area contributed by atoms with E-state index in [0.29, 0.717) is 0 Å². The van der Waals surface area contributed by atoms with Gasteiger partial charge in [0.05, 0.1) is 33.0 Å². The maximum atomic E-state index is 13.3. The summed E-state index contributed by atoms with van der Waals surface area (Å²) in [5.41, 5.74) is 0. The van der Waals surface area contributed by atoms with Crippen LogP contribution in [0.2, 0.25) is 0 Å². The molecule has 0 aromatic heterocycles. The van der Waals surface area contributed by atoms with Gasteiger partial charge in [-0.25, -0.2) is 71.5 Å². The van der Waals surface area contributed by atoms with Crippen LogP contribution in [0.1, 0.15) is 0 Å². The van der Waals surface area contributed by atoms with Gasteiger partial charge < -0.3 is 52.4 Å². The summed E-state index contributed by atoms with van der Waals surface area (Å²) in [6.07, 6.45) is -99.0. The molecule has 0 aliphatic carbocycles. The smallest absolute Gasteiger partial charge is 0.341 e. The fourth-order valence-corrected chi connectivity index (χ4v) is 17.9. The van der Waals surface area contributed by atoms with Gasteiger partial charge in [-0.1, -0.05) is 0 Å². The van der Waals surface area contributed by atoms with E-state index in [1.807, 2.05) is 0 Å². The standard InChI is InChI=1S/C30H53O77PS16/c31-108(32,33)82-1-6-14(99-116(55,56)57)20(102-119(64,65)66)25(106-123(76,77)78)29(87-6)94-17-12(97-114(49,50)51)8(3-84-110(37,38)39)89-27(23(17)104-121(70,71)72)92-16-11(96-113(46,47)48)7(2-83-109(34,35)36)88-26(22(16)103-120(67,68)69)93-18-13(98-115(52,53)54)9(4-85-111(40,41)42)90-28(24(18)105-122(73,74)75)95-21-19(101-118(61,62)63)15(100-117(58,59)60)10(5-86-112(43,44)45)91-30(21)107-124(79,80)81/h6-30H,1-5H2,(H2,31,32,33)(H,34,35,36)(H,37,38,39)(H,40,41,42)(H,43,44,45)(H,46,47,48)(H,49,50,51)(H,52,53,54)(H,55,56,57)(H,58,59,60)(H,61,62,63)(H,64,65,66)(H,67,68,69)(H,70,71,72)(H,73,74,75)(H,76,77,78)(H,79,80,81)/t6-,7-,8-,9-,10-,11?,12-,13-,14?,15+,16+,17+,18+,19-,20+,21+,22+,23+,24+,25+,26-,27-,28?,29-,30-/m1/s1. The molecule has 5 rings (SSSR count). The summed E-state index contributed by atoms with van der Waals surface area (Å²) in [5.74, 6) is 0. The zero-order chi connectivity index (χ0) is 95.9. The van der Waals surface area contributed by atoms with Crippen LogP contribution in [0, 0.1) is 0 Å². The van der Waals surface area contributed by atoms with E-state index in [1.54, 1.807) is 0 Å². The zero-order valence-corrected chi connectivity index (χ0v) is 71.0. The third-order valence-electron chi connectivity index (χ3n) is 13.8. The molecule has 0 radical (unpaired) electrons. The second-order valence-corrected chi connectivity index (χ2v) is 40.8. The van der Waals surface area contributed by atoms with Gasteiger partial charge in [-0.2, -0.15) is 135 Å². The summed E-state index contributed by atoms with van der Waals surface area (Å²) in [6, 6.07) is 0. The highest BCUT2D eigenvalue weighted by atomic mass is 32.3. The number of ether oxygens (including phenoxy) is 9. The molecule has 0 saturated carbocycles.